The number of furan rings is 1. The Morgan fingerprint density at radius 1 is 1.41 bits per heavy atom. The van der Waals surface area contributed by atoms with Crippen molar-refractivity contribution in [3.8, 4) is 0 Å². The zero-order valence-electron chi connectivity index (χ0n) is 9.89. The average Bonchev–Trinajstić information content (AvgIpc) is 2.68. The van der Waals surface area contributed by atoms with Crippen LogP contribution in [0, 0.1) is 11.7 Å². The summed E-state index contributed by atoms with van der Waals surface area (Å²) in [6, 6.07) is 4.85. The van der Waals surface area contributed by atoms with Crippen LogP contribution in [0.15, 0.2) is 27.1 Å². The van der Waals surface area contributed by atoms with E-state index < -0.39 is 0 Å². The van der Waals surface area contributed by atoms with Gasteiger partial charge in [0.15, 0.2) is 5.58 Å². The topological polar surface area (TPSA) is 25.2 Å². The first kappa shape index (κ1) is 12.6. The monoisotopic (exact) mass is 299 g/mol. The number of rotatable bonds is 4. The van der Waals surface area contributed by atoms with Crippen molar-refractivity contribution in [2.75, 3.05) is 6.54 Å². The summed E-state index contributed by atoms with van der Waals surface area (Å²) < 4.78 is 19.9. The van der Waals surface area contributed by atoms with Crippen molar-refractivity contribution in [1.29, 1.82) is 0 Å². The van der Waals surface area contributed by atoms with Gasteiger partial charge in [-0.3, -0.25) is 0 Å². The van der Waals surface area contributed by atoms with Gasteiger partial charge in [-0.1, -0.05) is 13.8 Å². The molecule has 1 heterocycles. The highest BCUT2D eigenvalue weighted by atomic mass is 79.9. The summed E-state index contributed by atoms with van der Waals surface area (Å²) in [6.07, 6.45) is 0. The Labute approximate surface area is 108 Å². The molecule has 0 bridgehead atoms. The molecule has 92 valence electrons. The molecule has 0 radical (unpaired) electrons. The third-order valence-corrected chi connectivity index (χ3v) is 3.11. The SMILES string of the molecule is CC(C)CNCc1cc2c(F)ccc(Br)c2o1. The summed E-state index contributed by atoms with van der Waals surface area (Å²) >= 11 is 3.35. The van der Waals surface area contributed by atoms with Gasteiger partial charge in [-0.05, 0) is 46.6 Å². The van der Waals surface area contributed by atoms with Crippen molar-refractivity contribution in [2.24, 2.45) is 5.92 Å². The van der Waals surface area contributed by atoms with Crippen LogP contribution in [0.3, 0.4) is 0 Å². The Balaban J connectivity index is 2.20. The molecule has 0 aliphatic rings. The summed E-state index contributed by atoms with van der Waals surface area (Å²) in [6.45, 7) is 5.82. The van der Waals surface area contributed by atoms with Crippen molar-refractivity contribution in [2.45, 2.75) is 20.4 Å². The number of benzene rings is 1. The molecule has 1 aromatic heterocycles. The van der Waals surface area contributed by atoms with Crippen LogP contribution in [0.4, 0.5) is 4.39 Å². The molecule has 1 N–H and O–H groups in total. The number of hydrogen-bond donors (Lipinski definition) is 1. The molecule has 2 nitrogen and oxygen atoms in total. The Kier molecular flexibility index (Phi) is 3.84. The molecular formula is C13H15BrFNO. The van der Waals surface area contributed by atoms with E-state index >= 15 is 0 Å². The third-order valence-electron chi connectivity index (χ3n) is 2.49. The minimum Gasteiger partial charge on any atom is -0.458 e. The van der Waals surface area contributed by atoms with E-state index in [0.717, 1.165) is 16.8 Å². The Hall–Kier alpha value is -0.870. The van der Waals surface area contributed by atoms with E-state index in [1.165, 1.54) is 6.07 Å². The van der Waals surface area contributed by atoms with E-state index in [0.29, 0.717) is 23.4 Å². The highest BCUT2D eigenvalue weighted by Crippen LogP contribution is 2.29. The predicted molar refractivity (Wildman–Crippen MR) is 70.4 cm³/mol. The van der Waals surface area contributed by atoms with E-state index in [1.807, 2.05) is 0 Å². The lowest BCUT2D eigenvalue weighted by Gasteiger charge is -2.04. The first-order valence-electron chi connectivity index (χ1n) is 5.65. The van der Waals surface area contributed by atoms with Gasteiger partial charge in [0, 0.05) is 0 Å². The lowest BCUT2D eigenvalue weighted by molar-refractivity contribution is 0.484. The first-order chi connectivity index (χ1) is 8.08. The molecule has 0 fully saturated rings. The molecule has 4 heteroatoms. The van der Waals surface area contributed by atoms with Crippen molar-refractivity contribution < 1.29 is 8.81 Å². The molecule has 17 heavy (non-hydrogen) atoms. The summed E-state index contributed by atoms with van der Waals surface area (Å²) in [5.74, 6) is 1.09. The fourth-order valence-corrected chi connectivity index (χ4v) is 2.11. The maximum Gasteiger partial charge on any atom is 0.151 e. The number of halogens is 2. The fourth-order valence-electron chi connectivity index (χ4n) is 1.68. The second-order valence-electron chi connectivity index (χ2n) is 4.51. The van der Waals surface area contributed by atoms with Gasteiger partial charge in [0.2, 0.25) is 0 Å². The second kappa shape index (κ2) is 5.19. The number of fused-ring (bicyclic) bond motifs is 1. The molecule has 0 aliphatic carbocycles. The fraction of sp³-hybridized carbons (Fsp3) is 0.385. The van der Waals surface area contributed by atoms with Crippen LogP contribution >= 0.6 is 15.9 Å². The van der Waals surface area contributed by atoms with Gasteiger partial charge >= 0.3 is 0 Å². The molecule has 0 saturated heterocycles. The van der Waals surface area contributed by atoms with E-state index in [1.54, 1.807) is 12.1 Å². The van der Waals surface area contributed by atoms with Crippen molar-refractivity contribution in [3.63, 3.8) is 0 Å². The van der Waals surface area contributed by atoms with Crippen molar-refractivity contribution >= 4 is 26.9 Å². The van der Waals surface area contributed by atoms with E-state index in [9.17, 15) is 4.39 Å². The average molecular weight is 300 g/mol. The Morgan fingerprint density at radius 2 is 2.18 bits per heavy atom. The van der Waals surface area contributed by atoms with Crippen LogP contribution < -0.4 is 5.32 Å². The lowest BCUT2D eigenvalue weighted by atomic mass is 10.2. The van der Waals surface area contributed by atoms with Gasteiger partial charge < -0.3 is 9.73 Å². The largest absolute Gasteiger partial charge is 0.458 e. The minimum absolute atomic E-state index is 0.248. The third kappa shape index (κ3) is 2.87. The van der Waals surface area contributed by atoms with Gasteiger partial charge in [-0.2, -0.15) is 0 Å². The van der Waals surface area contributed by atoms with Gasteiger partial charge in [0.05, 0.1) is 16.4 Å². The molecule has 0 atom stereocenters. The lowest BCUT2D eigenvalue weighted by Crippen LogP contribution is -2.18. The second-order valence-corrected chi connectivity index (χ2v) is 5.36. The quantitative estimate of drug-likeness (QED) is 0.920. The molecule has 0 spiro atoms. The van der Waals surface area contributed by atoms with Crippen molar-refractivity contribution in [3.05, 3.63) is 34.2 Å². The van der Waals surface area contributed by atoms with E-state index in [-0.39, 0.29) is 5.82 Å². The van der Waals surface area contributed by atoms with E-state index in [2.05, 4.69) is 35.1 Å². The zero-order valence-corrected chi connectivity index (χ0v) is 11.5. The van der Waals surface area contributed by atoms with E-state index in [4.69, 9.17) is 4.42 Å². The Morgan fingerprint density at radius 3 is 2.82 bits per heavy atom. The standard InChI is InChI=1S/C13H15BrFNO/c1-8(2)6-16-7-9-5-10-12(15)4-3-11(14)13(10)17-9/h3-5,8,16H,6-7H2,1-2H3. The van der Waals surface area contributed by atoms with Crippen LogP contribution in [0.5, 0.6) is 0 Å². The molecule has 1 aromatic carbocycles. The smallest absolute Gasteiger partial charge is 0.151 e. The van der Waals surface area contributed by atoms with Crippen LogP contribution in [0.25, 0.3) is 11.0 Å². The van der Waals surface area contributed by atoms with Crippen LogP contribution in [-0.4, -0.2) is 6.54 Å². The first-order valence-corrected chi connectivity index (χ1v) is 6.44. The van der Waals surface area contributed by atoms with Gasteiger partial charge in [0.25, 0.3) is 0 Å². The summed E-state index contributed by atoms with van der Waals surface area (Å²) in [5.41, 5.74) is 0.575. The zero-order chi connectivity index (χ0) is 12.4. The molecule has 0 aliphatic heterocycles. The van der Waals surface area contributed by atoms with Crippen LogP contribution in [0.2, 0.25) is 0 Å². The summed E-state index contributed by atoms with van der Waals surface area (Å²) in [5, 5.41) is 3.80. The molecular weight excluding hydrogens is 285 g/mol. The molecule has 0 unspecified atom stereocenters. The van der Waals surface area contributed by atoms with Crippen LogP contribution in [-0.2, 0) is 6.54 Å². The van der Waals surface area contributed by atoms with Crippen LogP contribution in [0.1, 0.15) is 19.6 Å². The molecule has 2 rings (SSSR count). The predicted octanol–water partition coefficient (Wildman–Crippen LogP) is 4.08. The molecule has 0 amide bonds. The maximum absolute atomic E-state index is 13.5. The Bertz CT molecular complexity index is 482. The summed E-state index contributed by atoms with van der Waals surface area (Å²) in [7, 11) is 0. The maximum atomic E-state index is 13.5. The highest BCUT2D eigenvalue weighted by molar-refractivity contribution is 9.10. The van der Waals surface area contributed by atoms with Gasteiger partial charge in [-0.15, -0.1) is 0 Å². The highest BCUT2D eigenvalue weighted by Gasteiger charge is 2.10. The van der Waals surface area contributed by atoms with Gasteiger partial charge in [-0.25, -0.2) is 4.39 Å². The minimum atomic E-state index is -0.248. The summed E-state index contributed by atoms with van der Waals surface area (Å²) in [4.78, 5) is 0. The normalized spacial score (nSPS) is 11.6. The van der Waals surface area contributed by atoms with Crippen molar-refractivity contribution in [1.82, 2.24) is 5.32 Å². The number of hydrogen-bond acceptors (Lipinski definition) is 2. The van der Waals surface area contributed by atoms with Gasteiger partial charge in [0.1, 0.15) is 11.6 Å². The number of nitrogens with one attached hydrogen (secondary N) is 1. The molecule has 2 aromatic rings. The molecule has 0 saturated carbocycles.